The molecule has 1 aliphatic heterocycles. The van der Waals surface area contributed by atoms with Crippen LogP contribution < -0.4 is 15.1 Å². The van der Waals surface area contributed by atoms with Crippen LogP contribution in [0.3, 0.4) is 0 Å². The Balaban J connectivity index is 1.56. The minimum absolute atomic E-state index is 0.321. The van der Waals surface area contributed by atoms with Crippen LogP contribution in [0.15, 0.2) is 45.6 Å². The molecule has 1 aromatic heterocycles. The Morgan fingerprint density at radius 3 is 2.85 bits per heavy atom. The van der Waals surface area contributed by atoms with Gasteiger partial charge < -0.3 is 13.9 Å². The van der Waals surface area contributed by atoms with Gasteiger partial charge in [-0.1, -0.05) is 12.1 Å². The van der Waals surface area contributed by atoms with Crippen LogP contribution in [0.4, 0.5) is 0 Å². The lowest BCUT2D eigenvalue weighted by molar-refractivity contribution is 0.0959. The summed E-state index contributed by atoms with van der Waals surface area (Å²) < 4.78 is 16.8. The molecule has 2 aromatic carbocycles. The van der Waals surface area contributed by atoms with Gasteiger partial charge in [-0.15, -0.1) is 0 Å². The quantitative estimate of drug-likeness (QED) is 0.658. The summed E-state index contributed by atoms with van der Waals surface area (Å²) in [7, 11) is 1.69. The maximum absolute atomic E-state index is 11.7. The topological polar surface area (TPSA) is 51.9 Å². The van der Waals surface area contributed by atoms with Crippen LogP contribution in [-0.4, -0.2) is 25.3 Å². The summed E-state index contributed by atoms with van der Waals surface area (Å²) in [5.74, 6) is 1.72. The predicted molar refractivity (Wildman–Crippen MR) is 105 cm³/mol. The normalized spacial score (nSPS) is 14.0. The van der Waals surface area contributed by atoms with Gasteiger partial charge in [0.2, 0.25) is 0 Å². The molecule has 2 heterocycles. The zero-order chi connectivity index (χ0) is 19.0. The molecule has 1 aliphatic rings. The average Bonchev–Trinajstić information content (AvgIpc) is 2.67. The maximum atomic E-state index is 11.7. The molecule has 3 aromatic rings. The third-order valence-electron chi connectivity index (χ3n) is 5.13. The highest BCUT2D eigenvalue weighted by molar-refractivity contribution is 5.86. The van der Waals surface area contributed by atoms with Crippen molar-refractivity contribution in [2.75, 3.05) is 20.4 Å². The van der Waals surface area contributed by atoms with E-state index in [1.165, 1.54) is 5.56 Å². The molecule has 0 saturated carbocycles. The van der Waals surface area contributed by atoms with E-state index >= 15 is 0 Å². The van der Waals surface area contributed by atoms with Gasteiger partial charge in [0, 0.05) is 35.7 Å². The molecule has 0 fully saturated rings. The van der Waals surface area contributed by atoms with E-state index in [1.54, 1.807) is 13.2 Å². The van der Waals surface area contributed by atoms with Crippen molar-refractivity contribution in [2.24, 2.45) is 0 Å². The summed E-state index contributed by atoms with van der Waals surface area (Å²) in [5.41, 5.74) is 4.51. The van der Waals surface area contributed by atoms with Gasteiger partial charge in [0.05, 0.1) is 7.11 Å². The number of benzene rings is 2. The van der Waals surface area contributed by atoms with E-state index in [0.29, 0.717) is 12.3 Å². The Hall–Kier alpha value is -2.79. The number of methoxy groups -OCH3 is 1. The third kappa shape index (κ3) is 3.43. The Kier molecular flexibility index (Phi) is 4.62. The lowest BCUT2D eigenvalue weighted by Gasteiger charge is -2.30. The molecule has 0 spiro atoms. The first-order chi connectivity index (χ1) is 13.0. The van der Waals surface area contributed by atoms with Gasteiger partial charge in [-0.25, -0.2) is 4.79 Å². The molecular formula is C22H23NO4. The largest absolute Gasteiger partial charge is 0.497 e. The highest BCUT2D eigenvalue weighted by Crippen LogP contribution is 2.35. The number of hydrogen-bond donors (Lipinski definition) is 0. The third-order valence-corrected chi connectivity index (χ3v) is 5.13. The molecule has 0 atom stereocenters. The highest BCUT2D eigenvalue weighted by atomic mass is 16.5. The van der Waals surface area contributed by atoms with Crippen molar-refractivity contribution in [3.63, 3.8) is 0 Å². The van der Waals surface area contributed by atoms with Gasteiger partial charge in [0.1, 0.15) is 23.8 Å². The summed E-state index contributed by atoms with van der Waals surface area (Å²) in [6.07, 6.45) is 0.927. The van der Waals surface area contributed by atoms with Gasteiger partial charge in [0.15, 0.2) is 0 Å². The van der Waals surface area contributed by atoms with Crippen molar-refractivity contribution >= 4 is 11.0 Å². The van der Waals surface area contributed by atoms with Crippen LogP contribution in [0.2, 0.25) is 0 Å². The van der Waals surface area contributed by atoms with E-state index in [4.69, 9.17) is 13.9 Å². The Morgan fingerprint density at radius 2 is 2.04 bits per heavy atom. The smallest absolute Gasteiger partial charge is 0.336 e. The standard InChI is InChI=1S/C22H23NO4/c1-14-9-20(24)27-22-15(2)21-17(11-19(14)22)12-23(13-26-21)8-7-16-5-4-6-18(10-16)25-3/h4-6,9-11H,7-8,12-13H2,1-3H3. The Bertz CT molecular complexity index is 1050. The van der Waals surface area contributed by atoms with Gasteiger partial charge in [-0.05, 0) is 49.6 Å². The van der Waals surface area contributed by atoms with Gasteiger partial charge in [-0.2, -0.15) is 0 Å². The number of hydrogen-bond acceptors (Lipinski definition) is 5. The van der Waals surface area contributed by atoms with Crippen LogP contribution >= 0.6 is 0 Å². The zero-order valence-electron chi connectivity index (χ0n) is 15.9. The lowest BCUT2D eigenvalue weighted by Crippen LogP contribution is -2.34. The number of rotatable bonds is 4. The fraction of sp³-hybridized carbons (Fsp3) is 0.318. The van der Waals surface area contributed by atoms with Crippen LogP contribution in [0.5, 0.6) is 11.5 Å². The fourth-order valence-electron chi connectivity index (χ4n) is 3.68. The fourth-order valence-corrected chi connectivity index (χ4v) is 3.68. The highest BCUT2D eigenvalue weighted by Gasteiger charge is 2.22. The molecule has 4 rings (SSSR count). The van der Waals surface area contributed by atoms with Crippen LogP contribution in [-0.2, 0) is 13.0 Å². The lowest BCUT2D eigenvalue weighted by atomic mass is 10.0. The predicted octanol–water partition coefficient (Wildman–Crippen LogP) is 3.81. The number of fused-ring (bicyclic) bond motifs is 2. The first-order valence-electron chi connectivity index (χ1n) is 9.10. The summed E-state index contributed by atoms with van der Waals surface area (Å²) in [6, 6.07) is 11.8. The summed E-state index contributed by atoms with van der Waals surface area (Å²) >= 11 is 0. The van der Waals surface area contributed by atoms with E-state index in [2.05, 4.69) is 23.1 Å². The van der Waals surface area contributed by atoms with Crippen molar-refractivity contribution in [1.82, 2.24) is 4.90 Å². The molecule has 0 amide bonds. The average molecular weight is 365 g/mol. The molecule has 27 heavy (non-hydrogen) atoms. The second-order valence-electron chi connectivity index (χ2n) is 7.04. The zero-order valence-corrected chi connectivity index (χ0v) is 15.9. The second-order valence-corrected chi connectivity index (χ2v) is 7.04. The van der Waals surface area contributed by atoms with Crippen LogP contribution in [0.1, 0.15) is 22.3 Å². The van der Waals surface area contributed by atoms with Gasteiger partial charge >= 0.3 is 5.63 Å². The molecule has 0 aliphatic carbocycles. The van der Waals surface area contributed by atoms with Crippen molar-refractivity contribution in [1.29, 1.82) is 0 Å². The van der Waals surface area contributed by atoms with E-state index < -0.39 is 0 Å². The number of nitrogens with zero attached hydrogens (tertiary/aromatic N) is 1. The Labute approximate surface area is 158 Å². The van der Waals surface area contributed by atoms with Gasteiger partial charge in [-0.3, -0.25) is 4.90 Å². The molecule has 5 nitrogen and oxygen atoms in total. The molecule has 140 valence electrons. The van der Waals surface area contributed by atoms with Gasteiger partial charge in [0.25, 0.3) is 0 Å². The molecule has 0 bridgehead atoms. The molecule has 0 unspecified atom stereocenters. The Morgan fingerprint density at radius 1 is 1.19 bits per heavy atom. The molecule has 0 radical (unpaired) electrons. The monoisotopic (exact) mass is 365 g/mol. The maximum Gasteiger partial charge on any atom is 0.336 e. The summed E-state index contributed by atoms with van der Waals surface area (Å²) in [6.45, 7) is 6.13. The first kappa shape index (κ1) is 17.6. The van der Waals surface area contributed by atoms with E-state index in [-0.39, 0.29) is 5.63 Å². The first-order valence-corrected chi connectivity index (χ1v) is 9.10. The molecule has 0 N–H and O–H groups in total. The van der Waals surface area contributed by atoms with E-state index in [0.717, 1.165) is 53.1 Å². The van der Waals surface area contributed by atoms with Crippen molar-refractivity contribution in [3.8, 4) is 11.5 Å². The van der Waals surface area contributed by atoms with E-state index in [1.807, 2.05) is 26.0 Å². The van der Waals surface area contributed by atoms with Crippen LogP contribution in [0, 0.1) is 13.8 Å². The minimum Gasteiger partial charge on any atom is -0.497 e. The summed E-state index contributed by atoms with van der Waals surface area (Å²) in [5, 5.41) is 0.976. The molecular weight excluding hydrogens is 342 g/mol. The van der Waals surface area contributed by atoms with E-state index in [9.17, 15) is 4.79 Å². The van der Waals surface area contributed by atoms with Crippen LogP contribution in [0.25, 0.3) is 11.0 Å². The number of ether oxygens (including phenoxy) is 2. The summed E-state index contributed by atoms with van der Waals surface area (Å²) in [4.78, 5) is 14.0. The molecule has 0 saturated heterocycles. The van der Waals surface area contributed by atoms with Crippen molar-refractivity contribution in [2.45, 2.75) is 26.8 Å². The molecule has 5 heteroatoms. The number of aryl methyl sites for hydroxylation is 2. The minimum atomic E-state index is -0.321. The second kappa shape index (κ2) is 7.08. The SMILES string of the molecule is COc1cccc(CCN2COc3c(cc4c(C)cc(=O)oc4c3C)C2)c1. The van der Waals surface area contributed by atoms with Crippen molar-refractivity contribution in [3.05, 3.63) is 69.1 Å². The van der Waals surface area contributed by atoms with Crippen molar-refractivity contribution < 1.29 is 13.9 Å².